The van der Waals surface area contributed by atoms with E-state index in [2.05, 4.69) is 3.53 Å². The summed E-state index contributed by atoms with van der Waals surface area (Å²) in [4.78, 5) is 0. The average molecular weight is 276 g/mol. The molecule has 0 aliphatic carbocycles. The van der Waals surface area contributed by atoms with E-state index in [-0.39, 0.29) is 12.2 Å². The van der Waals surface area contributed by atoms with Gasteiger partial charge < -0.3 is 3.53 Å². The molecule has 0 heterocycles. The Morgan fingerprint density at radius 2 is 2.33 bits per heavy atom. The highest BCUT2D eigenvalue weighted by molar-refractivity contribution is 14.1. The zero-order valence-electron chi connectivity index (χ0n) is 6.14. The van der Waals surface area contributed by atoms with E-state index in [1.165, 1.54) is 6.07 Å². The fourth-order valence-electron chi connectivity index (χ4n) is 0.854. The zero-order valence-corrected chi connectivity index (χ0v) is 8.30. The largest absolute Gasteiger partial charge is 0.328 e. The van der Waals surface area contributed by atoms with Gasteiger partial charge in [0.15, 0.2) is 0 Å². The smallest absolute Gasteiger partial charge is 0.127 e. The maximum Gasteiger partial charge on any atom is 0.127 e. The summed E-state index contributed by atoms with van der Waals surface area (Å²) in [6.07, 6.45) is 0.109. The number of nitriles is 1. The van der Waals surface area contributed by atoms with Crippen LogP contribution >= 0.6 is 22.9 Å². The minimum atomic E-state index is -0.327. The molecule has 62 valence electrons. The molecule has 0 fully saturated rings. The molecule has 0 unspecified atom stereocenters. The van der Waals surface area contributed by atoms with Crippen molar-refractivity contribution in [1.82, 2.24) is 0 Å². The van der Waals surface area contributed by atoms with Gasteiger partial charge in [0.1, 0.15) is 5.82 Å². The van der Waals surface area contributed by atoms with Crippen molar-refractivity contribution in [2.45, 2.75) is 6.42 Å². The number of nitrogens with zero attached hydrogens (tertiary/aromatic N) is 1. The Labute approximate surface area is 83.9 Å². The second kappa shape index (κ2) is 4.26. The predicted octanol–water partition coefficient (Wildman–Crippen LogP) is 2.65. The number of hydrogen-bond acceptors (Lipinski definition) is 2. The van der Waals surface area contributed by atoms with E-state index in [0.29, 0.717) is 5.56 Å². The number of nitrogens with one attached hydrogen (secondary N) is 1. The molecule has 4 heteroatoms. The highest BCUT2D eigenvalue weighted by Gasteiger charge is 2.01. The minimum Gasteiger partial charge on any atom is -0.328 e. The SMILES string of the molecule is N#CCc1cc(NI)ccc1F. The van der Waals surface area contributed by atoms with E-state index in [9.17, 15) is 4.39 Å². The highest BCUT2D eigenvalue weighted by atomic mass is 127. The van der Waals surface area contributed by atoms with E-state index >= 15 is 0 Å². The number of hydrogen-bond donors (Lipinski definition) is 1. The summed E-state index contributed by atoms with van der Waals surface area (Å²) in [5.41, 5.74) is 1.24. The molecule has 0 atom stereocenters. The van der Waals surface area contributed by atoms with Gasteiger partial charge in [-0.3, -0.25) is 0 Å². The van der Waals surface area contributed by atoms with Gasteiger partial charge in [-0.05, 0) is 18.2 Å². The summed E-state index contributed by atoms with van der Waals surface area (Å²) in [6, 6.07) is 6.52. The van der Waals surface area contributed by atoms with Crippen LogP contribution in [0.4, 0.5) is 10.1 Å². The lowest BCUT2D eigenvalue weighted by molar-refractivity contribution is 0.615. The molecule has 1 aromatic carbocycles. The molecule has 0 saturated carbocycles. The van der Waals surface area contributed by atoms with Crippen LogP contribution in [0.2, 0.25) is 0 Å². The first-order valence-electron chi connectivity index (χ1n) is 3.30. The van der Waals surface area contributed by atoms with Crippen LogP contribution in [-0.2, 0) is 6.42 Å². The third-order valence-electron chi connectivity index (χ3n) is 1.42. The van der Waals surface area contributed by atoms with Crippen molar-refractivity contribution in [3.63, 3.8) is 0 Å². The Morgan fingerprint density at radius 1 is 1.58 bits per heavy atom. The Morgan fingerprint density at radius 3 is 2.92 bits per heavy atom. The molecule has 0 aliphatic rings. The van der Waals surface area contributed by atoms with Gasteiger partial charge in [0.05, 0.1) is 35.4 Å². The Kier molecular flexibility index (Phi) is 3.29. The monoisotopic (exact) mass is 276 g/mol. The van der Waals surface area contributed by atoms with Crippen LogP contribution < -0.4 is 3.53 Å². The lowest BCUT2D eigenvalue weighted by atomic mass is 10.1. The van der Waals surface area contributed by atoms with Crippen molar-refractivity contribution in [3.8, 4) is 6.07 Å². The van der Waals surface area contributed by atoms with Crippen molar-refractivity contribution in [1.29, 1.82) is 5.26 Å². The van der Waals surface area contributed by atoms with Gasteiger partial charge in [0.25, 0.3) is 0 Å². The van der Waals surface area contributed by atoms with Crippen molar-refractivity contribution in [3.05, 3.63) is 29.6 Å². The molecule has 1 rings (SSSR count). The molecule has 0 bridgehead atoms. The minimum absolute atomic E-state index is 0.109. The molecule has 0 aromatic heterocycles. The third-order valence-corrected chi connectivity index (χ3v) is 2.05. The molecule has 0 saturated heterocycles. The zero-order chi connectivity index (χ0) is 8.97. The first kappa shape index (κ1) is 9.26. The maximum absolute atomic E-state index is 12.9. The highest BCUT2D eigenvalue weighted by Crippen LogP contribution is 2.16. The van der Waals surface area contributed by atoms with Crippen LogP contribution in [0.1, 0.15) is 5.56 Å². The summed E-state index contributed by atoms with van der Waals surface area (Å²) >= 11 is 1.95. The molecule has 12 heavy (non-hydrogen) atoms. The average Bonchev–Trinajstić information content (AvgIpc) is 2.09. The molecule has 0 spiro atoms. The van der Waals surface area contributed by atoms with E-state index in [4.69, 9.17) is 5.26 Å². The van der Waals surface area contributed by atoms with Gasteiger partial charge in [-0.1, -0.05) is 0 Å². The second-order valence-electron chi connectivity index (χ2n) is 2.24. The van der Waals surface area contributed by atoms with Gasteiger partial charge in [0, 0.05) is 11.3 Å². The normalized spacial score (nSPS) is 9.08. The Hall–Kier alpha value is -0.830. The molecule has 2 nitrogen and oxygen atoms in total. The second-order valence-corrected chi connectivity index (χ2v) is 2.77. The Balaban J connectivity index is 3.01. The van der Waals surface area contributed by atoms with Crippen LogP contribution in [0, 0.1) is 17.1 Å². The summed E-state index contributed by atoms with van der Waals surface area (Å²) in [7, 11) is 0. The van der Waals surface area contributed by atoms with E-state index in [1.807, 2.05) is 28.9 Å². The van der Waals surface area contributed by atoms with Crippen molar-refractivity contribution in [2.24, 2.45) is 0 Å². The van der Waals surface area contributed by atoms with Crippen LogP contribution in [0.15, 0.2) is 18.2 Å². The van der Waals surface area contributed by atoms with E-state index < -0.39 is 0 Å². The van der Waals surface area contributed by atoms with Crippen LogP contribution in [-0.4, -0.2) is 0 Å². The van der Waals surface area contributed by atoms with Crippen LogP contribution in [0.25, 0.3) is 0 Å². The lowest BCUT2D eigenvalue weighted by Gasteiger charge is -2.01. The third kappa shape index (κ3) is 2.08. The van der Waals surface area contributed by atoms with Crippen molar-refractivity contribution >= 4 is 28.6 Å². The molecular formula is C8H6FIN2. The maximum atomic E-state index is 12.9. The first-order chi connectivity index (χ1) is 5.77. The van der Waals surface area contributed by atoms with Crippen LogP contribution in [0.3, 0.4) is 0 Å². The molecule has 0 radical (unpaired) electrons. The number of anilines is 1. The standard InChI is InChI=1S/C8H6FIN2/c9-8-2-1-7(12-10)5-6(8)3-4-11/h1-2,5,12H,3H2. The van der Waals surface area contributed by atoms with Crippen LogP contribution in [0.5, 0.6) is 0 Å². The van der Waals surface area contributed by atoms with Gasteiger partial charge in [-0.25, -0.2) is 4.39 Å². The van der Waals surface area contributed by atoms with Gasteiger partial charge in [0.2, 0.25) is 0 Å². The van der Waals surface area contributed by atoms with E-state index in [1.54, 1.807) is 12.1 Å². The Bertz CT molecular complexity index is 319. The first-order valence-corrected chi connectivity index (χ1v) is 4.38. The topological polar surface area (TPSA) is 35.8 Å². The molecule has 1 aromatic rings. The summed E-state index contributed by atoms with van der Waals surface area (Å²) in [6.45, 7) is 0. The van der Waals surface area contributed by atoms with Crippen molar-refractivity contribution in [2.75, 3.05) is 3.53 Å². The van der Waals surface area contributed by atoms with Gasteiger partial charge in [-0.15, -0.1) is 0 Å². The summed E-state index contributed by atoms with van der Waals surface area (Å²) in [5, 5.41) is 8.37. The van der Waals surface area contributed by atoms with Crippen molar-refractivity contribution < 1.29 is 4.39 Å². The quantitative estimate of drug-likeness (QED) is 0.665. The summed E-state index contributed by atoms with van der Waals surface area (Å²) < 4.78 is 15.8. The fourth-order valence-corrected chi connectivity index (χ4v) is 1.19. The molecule has 0 amide bonds. The van der Waals surface area contributed by atoms with E-state index in [0.717, 1.165) is 5.69 Å². The molecule has 0 aliphatic heterocycles. The number of benzene rings is 1. The molecule has 1 N–H and O–H groups in total. The fraction of sp³-hybridized carbons (Fsp3) is 0.125. The number of halogens is 2. The lowest BCUT2D eigenvalue weighted by Crippen LogP contribution is -1.90. The number of rotatable bonds is 2. The van der Waals surface area contributed by atoms with Gasteiger partial charge >= 0.3 is 0 Å². The van der Waals surface area contributed by atoms with Gasteiger partial charge in [-0.2, -0.15) is 5.26 Å². The predicted molar refractivity (Wildman–Crippen MR) is 53.4 cm³/mol. The summed E-state index contributed by atoms with van der Waals surface area (Å²) in [5.74, 6) is -0.327. The molecular weight excluding hydrogens is 270 g/mol.